The zero-order chi connectivity index (χ0) is 22.9. The number of fused-ring (bicyclic) bond motifs is 1. The largest absolute Gasteiger partial charge is 0.485 e. The van der Waals surface area contributed by atoms with Gasteiger partial charge in [-0.25, -0.2) is 9.18 Å². The van der Waals surface area contributed by atoms with E-state index in [1.807, 2.05) is 6.92 Å². The first-order valence-corrected chi connectivity index (χ1v) is 10.2. The predicted octanol–water partition coefficient (Wildman–Crippen LogP) is 1.78. The van der Waals surface area contributed by atoms with Crippen molar-refractivity contribution < 1.29 is 28.2 Å². The standard InChI is InChI=1S/C22H25FN4O5/c1-2-5-16(25-22(30)24-12-14-8-10-15(23)11-9-14)20(28)26-27-21(29)19-13-31-17-6-3-4-7-18(17)32-19/h3-4,6-11,16,19H,2,5,12-13H2,1H3,(H,26,28)(H,27,29)(H2,24,25,30)/t16-,19-/m0/s1. The second-order valence-corrected chi connectivity index (χ2v) is 7.14. The van der Waals surface area contributed by atoms with E-state index >= 15 is 0 Å². The molecule has 10 heteroatoms. The highest BCUT2D eigenvalue weighted by molar-refractivity contribution is 5.89. The molecule has 170 valence electrons. The SMILES string of the molecule is CCC[C@H](NC(=O)NCc1ccc(F)cc1)C(=O)NNC(=O)[C@@H]1COc2ccccc2O1. The molecule has 4 N–H and O–H groups in total. The van der Waals surface area contributed by atoms with Crippen LogP contribution in [0.15, 0.2) is 48.5 Å². The molecule has 0 bridgehead atoms. The van der Waals surface area contributed by atoms with E-state index in [0.717, 1.165) is 0 Å². The van der Waals surface area contributed by atoms with E-state index in [9.17, 15) is 18.8 Å². The molecule has 1 heterocycles. The quantitative estimate of drug-likeness (QED) is 0.486. The third-order valence-corrected chi connectivity index (χ3v) is 4.68. The minimum Gasteiger partial charge on any atom is -0.485 e. The molecule has 0 aromatic heterocycles. The van der Waals surface area contributed by atoms with Crippen molar-refractivity contribution >= 4 is 17.8 Å². The third kappa shape index (κ3) is 6.34. The van der Waals surface area contributed by atoms with Gasteiger partial charge in [0.2, 0.25) is 6.10 Å². The van der Waals surface area contributed by atoms with Crippen LogP contribution in [0.3, 0.4) is 0 Å². The fourth-order valence-corrected chi connectivity index (χ4v) is 2.99. The van der Waals surface area contributed by atoms with Gasteiger partial charge in [-0.1, -0.05) is 37.6 Å². The van der Waals surface area contributed by atoms with Crippen molar-refractivity contribution in [2.45, 2.75) is 38.5 Å². The van der Waals surface area contributed by atoms with Crippen LogP contribution in [0.25, 0.3) is 0 Å². The second-order valence-electron chi connectivity index (χ2n) is 7.14. The highest BCUT2D eigenvalue weighted by atomic mass is 19.1. The lowest BCUT2D eigenvalue weighted by molar-refractivity contribution is -0.135. The lowest BCUT2D eigenvalue weighted by Gasteiger charge is -2.26. The zero-order valence-corrected chi connectivity index (χ0v) is 17.5. The Morgan fingerprint density at radius 2 is 1.78 bits per heavy atom. The fraction of sp³-hybridized carbons (Fsp3) is 0.318. The molecular weight excluding hydrogens is 419 g/mol. The number of nitrogens with one attached hydrogen (secondary N) is 4. The van der Waals surface area contributed by atoms with Crippen LogP contribution in [0, 0.1) is 5.82 Å². The number of urea groups is 1. The van der Waals surface area contributed by atoms with E-state index < -0.39 is 30.0 Å². The summed E-state index contributed by atoms with van der Waals surface area (Å²) in [6, 6.07) is 11.2. The van der Waals surface area contributed by atoms with Crippen molar-refractivity contribution in [2.24, 2.45) is 0 Å². The van der Waals surface area contributed by atoms with Crippen LogP contribution in [0.4, 0.5) is 9.18 Å². The minimum atomic E-state index is -0.929. The van der Waals surface area contributed by atoms with E-state index in [1.54, 1.807) is 36.4 Å². The van der Waals surface area contributed by atoms with Gasteiger partial charge in [-0.05, 0) is 36.2 Å². The molecule has 0 radical (unpaired) electrons. The maximum absolute atomic E-state index is 13.0. The number of para-hydroxylation sites is 2. The molecule has 2 atom stereocenters. The number of hydrazine groups is 1. The van der Waals surface area contributed by atoms with Crippen LogP contribution in [0.1, 0.15) is 25.3 Å². The molecule has 1 aliphatic heterocycles. The Labute approximate surface area is 184 Å². The molecule has 0 spiro atoms. The Morgan fingerprint density at radius 1 is 1.06 bits per heavy atom. The van der Waals surface area contributed by atoms with Crippen LogP contribution >= 0.6 is 0 Å². The summed E-state index contributed by atoms with van der Waals surface area (Å²) >= 11 is 0. The van der Waals surface area contributed by atoms with Gasteiger partial charge < -0.3 is 20.1 Å². The minimum absolute atomic E-state index is 0.00114. The lowest BCUT2D eigenvalue weighted by Crippen LogP contribution is -2.56. The Bertz CT molecular complexity index is 954. The normalized spacial score (nSPS) is 15.2. The number of ether oxygens (including phenoxy) is 2. The smallest absolute Gasteiger partial charge is 0.315 e. The molecule has 1 aliphatic rings. The molecule has 9 nitrogen and oxygen atoms in total. The van der Waals surface area contributed by atoms with E-state index in [2.05, 4.69) is 21.5 Å². The first kappa shape index (κ1) is 22.9. The summed E-state index contributed by atoms with van der Waals surface area (Å²) in [4.78, 5) is 37.0. The molecule has 0 unspecified atom stereocenters. The van der Waals surface area contributed by atoms with Crippen LogP contribution < -0.4 is 31.0 Å². The highest BCUT2D eigenvalue weighted by Gasteiger charge is 2.28. The van der Waals surface area contributed by atoms with Gasteiger partial charge in [-0.2, -0.15) is 0 Å². The number of hydrogen-bond donors (Lipinski definition) is 4. The van der Waals surface area contributed by atoms with Crippen LogP contribution in [-0.2, 0) is 16.1 Å². The summed E-state index contributed by atoms with van der Waals surface area (Å²) in [5, 5.41) is 5.18. The van der Waals surface area contributed by atoms with Gasteiger partial charge in [0, 0.05) is 6.54 Å². The summed E-state index contributed by atoms with van der Waals surface area (Å²) in [5.41, 5.74) is 5.33. The van der Waals surface area contributed by atoms with Crippen molar-refractivity contribution in [2.75, 3.05) is 6.61 Å². The first-order valence-electron chi connectivity index (χ1n) is 10.2. The molecule has 0 fully saturated rings. The van der Waals surface area contributed by atoms with Crippen molar-refractivity contribution in [3.8, 4) is 11.5 Å². The fourth-order valence-electron chi connectivity index (χ4n) is 2.99. The average Bonchev–Trinajstić information content (AvgIpc) is 2.81. The van der Waals surface area contributed by atoms with Crippen molar-refractivity contribution in [1.82, 2.24) is 21.5 Å². The Kier molecular flexibility index (Phi) is 7.85. The molecule has 0 saturated heterocycles. The maximum atomic E-state index is 13.0. The maximum Gasteiger partial charge on any atom is 0.315 e. The van der Waals surface area contributed by atoms with E-state index in [1.165, 1.54) is 12.1 Å². The van der Waals surface area contributed by atoms with Gasteiger partial charge in [0.1, 0.15) is 18.5 Å². The van der Waals surface area contributed by atoms with Gasteiger partial charge in [0.25, 0.3) is 11.8 Å². The van der Waals surface area contributed by atoms with Crippen molar-refractivity contribution in [3.63, 3.8) is 0 Å². The Morgan fingerprint density at radius 3 is 2.50 bits per heavy atom. The first-order chi connectivity index (χ1) is 15.5. The number of amides is 4. The molecule has 2 aromatic carbocycles. The van der Waals surface area contributed by atoms with Gasteiger partial charge in [-0.15, -0.1) is 0 Å². The topological polar surface area (TPSA) is 118 Å². The predicted molar refractivity (Wildman–Crippen MR) is 113 cm³/mol. The second kappa shape index (κ2) is 11.0. The Hall–Kier alpha value is -3.82. The Balaban J connectivity index is 1.46. The van der Waals surface area contributed by atoms with Gasteiger partial charge in [0.05, 0.1) is 0 Å². The summed E-state index contributed by atoms with van der Waals surface area (Å²) in [6.45, 7) is 2.03. The number of carbonyl (C=O) groups excluding carboxylic acids is 3. The number of carbonyl (C=O) groups is 3. The molecular formula is C22H25FN4O5. The van der Waals surface area contributed by atoms with Crippen LogP contribution in [-0.4, -0.2) is 36.6 Å². The van der Waals surface area contributed by atoms with Gasteiger partial charge in [-0.3, -0.25) is 20.4 Å². The zero-order valence-electron chi connectivity index (χ0n) is 17.5. The van der Waals surface area contributed by atoms with Crippen LogP contribution in [0.2, 0.25) is 0 Å². The van der Waals surface area contributed by atoms with Crippen molar-refractivity contribution in [3.05, 3.63) is 59.9 Å². The molecule has 0 aliphatic carbocycles. The monoisotopic (exact) mass is 444 g/mol. The van der Waals surface area contributed by atoms with Crippen LogP contribution in [0.5, 0.6) is 11.5 Å². The van der Waals surface area contributed by atoms with E-state index in [-0.39, 0.29) is 19.0 Å². The molecule has 0 saturated carbocycles. The molecule has 3 rings (SSSR count). The molecule has 4 amide bonds. The van der Waals surface area contributed by atoms with E-state index in [4.69, 9.17) is 9.47 Å². The molecule has 2 aromatic rings. The van der Waals surface area contributed by atoms with Crippen molar-refractivity contribution in [1.29, 1.82) is 0 Å². The van der Waals surface area contributed by atoms with Gasteiger partial charge in [0.15, 0.2) is 11.5 Å². The summed E-state index contributed by atoms with van der Waals surface area (Å²) in [6.07, 6.45) is 0.0599. The molecule has 32 heavy (non-hydrogen) atoms. The number of halogens is 1. The average molecular weight is 444 g/mol. The summed E-state index contributed by atoms with van der Waals surface area (Å²) in [5.74, 6) is -0.541. The van der Waals surface area contributed by atoms with E-state index in [0.29, 0.717) is 29.9 Å². The summed E-state index contributed by atoms with van der Waals surface area (Å²) in [7, 11) is 0. The summed E-state index contributed by atoms with van der Waals surface area (Å²) < 4.78 is 24.0. The number of hydrogen-bond acceptors (Lipinski definition) is 5. The lowest BCUT2D eigenvalue weighted by atomic mass is 10.1. The highest BCUT2D eigenvalue weighted by Crippen LogP contribution is 2.30. The number of benzene rings is 2. The number of rotatable bonds is 7. The van der Waals surface area contributed by atoms with Gasteiger partial charge >= 0.3 is 6.03 Å². The third-order valence-electron chi connectivity index (χ3n) is 4.68.